The smallest absolute Gasteiger partial charge is 0.250 e. The number of nitrogens with zero attached hydrogens (tertiary/aromatic N) is 1. The van der Waals surface area contributed by atoms with E-state index in [1.54, 1.807) is 7.11 Å². The van der Waals surface area contributed by atoms with Gasteiger partial charge in [-0.3, -0.25) is 24.6 Å². The lowest BCUT2D eigenvalue weighted by Crippen LogP contribution is -2.53. The number of methoxy groups -OCH3 is 1. The number of anilines is 1. The van der Waals surface area contributed by atoms with Crippen LogP contribution < -0.4 is 10.6 Å². The molecule has 4 rings (SSSR count). The summed E-state index contributed by atoms with van der Waals surface area (Å²) in [6.45, 7) is 4.95. The monoisotopic (exact) mass is 463 g/mol. The summed E-state index contributed by atoms with van der Waals surface area (Å²) in [6.07, 6.45) is 1.29. The minimum absolute atomic E-state index is 0.178. The first kappa shape index (κ1) is 20.5. The van der Waals surface area contributed by atoms with Crippen LogP contribution >= 0.6 is 15.9 Å². The Kier molecular flexibility index (Phi) is 5.29. The maximum Gasteiger partial charge on any atom is 0.250 e. The van der Waals surface area contributed by atoms with Gasteiger partial charge in [0.05, 0.1) is 11.8 Å². The molecule has 3 aliphatic heterocycles. The number of hydrogen-bond acceptors (Lipinski definition) is 5. The molecule has 3 heterocycles. The van der Waals surface area contributed by atoms with Crippen LogP contribution in [0.5, 0.6) is 0 Å². The Bertz CT molecular complexity index is 873. The Morgan fingerprint density at radius 3 is 2.69 bits per heavy atom. The van der Waals surface area contributed by atoms with Crippen LogP contribution in [0, 0.1) is 17.8 Å². The normalized spacial score (nSPS) is 30.4. The predicted molar refractivity (Wildman–Crippen MR) is 111 cm³/mol. The van der Waals surface area contributed by atoms with Gasteiger partial charge in [0.15, 0.2) is 0 Å². The van der Waals surface area contributed by atoms with Crippen molar-refractivity contribution >= 4 is 39.3 Å². The van der Waals surface area contributed by atoms with Crippen molar-refractivity contribution in [2.45, 2.75) is 38.3 Å². The van der Waals surface area contributed by atoms with Gasteiger partial charge in [0, 0.05) is 42.0 Å². The molecule has 0 saturated carbocycles. The molecule has 3 aliphatic rings. The number of likely N-dealkylation sites (tertiary alicyclic amines) is 1. The van der Waals surface area contributed by atoms with E-state index in [1.807, 2.05) is 18.2 Å². The van der Waals surface area contributed by atoms with Gasteiger partial charge in [-0.15, -0.1) is 0 Å². The van der Waals surface area contributed by atoms with Gasteiger partial charge in [-0.1, -0.05) is 29.8 Å². The molecule has 29 heavy (non-hydrogen) atoms. The molecule has 0 bridgehead atoms. The minimum Gasteiger partial charge on any atom is -0.385 e. The summed E-state index contributed by atoms with van der Waals surface area (Å²) in [5, 5.41) is 6.38. The summed E-state index contributed by atoms with van der Waals surface area (Å²) in [6, 6.07) is 5.32. The molecule has 156 valence electrons. The topological polar surface area (TPSA) is 87.7 Å². The van der Waals surface area contributed by atoms with Crippen molar-refractivity contribution in [3.63, 3.8) is 0 Å². The van der Waals surface area contributed by atoms with Gasteiger partial charge in [-0.25, -0.2) is 0 Å². The van der Waals surface area contributed by atoms with Crippen LogP contribution in [0.25, 0.3) is 0 Å². The van der Waals surface area contributed by atoms with E-state index in [1.165, 1.54) is 4.90 Å². The highest BCUT2D eigenvalue weighted by molar-refractivity contribution is 9.10. The summed E-state index contributed by atoms with van der Waals surface area (Å²) >= 11 is 3.48. The van der Waals surface area contributed by atoms with Crippen LogP contribution in [0.2, 0.25) is 0 Å². The second-order valence-corrected chi connectivity index (χ2v) is 9.43. The lowest BCUT2D eigenvalue weighted by atomic mass is 9.76. The third-order valence-electron chi connectivity index (χ3n) is 6.22. The molecule has 3 amide bonds. The van der Waals surface area contributed by atoms with Gasteiger partial charge >= 0.3 is 0 Å². The molecule has 4 atom stereocenters. The highest BCUT2D eigenvalue weighted by Crippen LogP contribution is 2.54. The third-order valence-corrected chi connectivity index (χ3v) is 6.72. The SMILES string of the molecule is COCCCN1C(=O)[C@@H]2[C@H](CC(C)C)N[C@]3(C(=O)Nc4ccc(Br)cc43)[C@@H]2C1=O. The number of nitrogens with one attached hydrogen (secondary N) is 2. The maximum atomic E-state index is 13.5. The van der Waals surface area contributed by atoms with Crippen molar-refractivity contribution in [1.82, 2.24) is 10.2 Å². The first-order valence-electron chi connectivity index (χ1n) is 10.0. The number of amides is 3. The zero-order chi connectivity index (χ0) is 20.9. The lowest BCUT2D eigenvalue weighted by molar-refractivity contribution is -0.143. The molecule has 2 saturated heterocycles. The van der Waals surface area contributed by atoms with E-state index in [4.69, 9.17) is 4.74 Å². The first-order valence-corrected chi connectivity index (χ1v) is 10.8. The molecule has 1 spiro atoms. The van der Waals surface area contributed by atoms with Crippen LogP contribution in [0.1, 0.15) is 32.3 Å². The Morgan fingerprint density at radius 1 is 1.24 bits per heavy atom. The Balaban J connectivity index is 1.79. The fourth-order valence-corrected chi connectivity index (χ4v) is 5.49. The third kappa shape index (κ3) is 3.04. The van der Waals surface area contributed by atoms with Gasteiger partial charge in [-0.05, 0) is 37.0 Å². The summed E-state index contributed by atoms with van der Waals surface area (Å²) in [5.74, 6) is -1.66. The van der Waals surface area contributed by atoms with Crippen LogP contribution in [0.15, 0.2) is 22.7 Å². The molecule has 0 radical (unpaired) electrons. The van der Waals surface area contributed by atoms with E-state index in [9.17, 15) is 14.4 Å². The summed E-state index contributed by atoms with van der Waals surface area (Å²) in [7, 11) is 1.59. The van der Waals surface area contributed by atoms with Crippen molar-refractivity contribution in [1.29, 1.82) is 0 Å². The van der Waals surface area contributed by atoms with Crippen LogP contribution in [-0.2, 0) is 24.7 Å². The number of fused-ring (bicyclic) bond motifs is 4. The van der Waals surface area contributed by atoms with E-state index in [0.29, 0.717) is 37.6 Å². The molecule has 1 aromatic rings. The number of ether oxygens (including phenoxy) is 1. The highest BCUT2D eigenvalue weighted by atomic mass is 79.9. The van der Waals surface area contributed by atoms with Gasteiger partial charge < -0.3 is 10.1 Å². The average molecular weight is 464 g/mol. The number of rotatable bonds is 6. The zero-order valence-corrected chi connectivity index (χ0v) is 18.4. The average Bonchev–Trinajstić information content (AvgIpc) is 3.22. The summed E-state index contributed by atoms with van der Waals surface area (Å²) in [5.41, 5.74) is 0.206. The summed E-state index contributed by atoms with van der Waals surface area (Å²) in [4.78, 5) is 41.4. The van der Waals surface area contributed by atoms with Crippen molar-refractivity contribution in [2.24, 2.45) is 17.8 Å². The number of hydrogen-bond donors (Lipinski definition) is 2. The van der Waals surface area contributed by atoms with Crippen molar-refractivity contribution < 1.29 is 19.1 Å². The molecule has 8 heteroatoms. The maximum absolute atomic E-state index is 13.5. The van der Waals surface area contributed by atoms with E-state index >= 15 is 0 Å². The lowest BCUT2D eigenvalue weighted by Gasteiger charge is -2.30. The quantitative estimate of drug-likeness (QED) is 0.498. The molecular formula is C21H26BrN3O4. The molecule has 2 fully saturated rings. The van der Waals surface area contributed by atoms with E-state index in [2.05, 4.69) is 40.4 Å². The first-order chi connectivity index (χ1) is 13.8. The molecule has 0 aromatic heterocycles. The molecule has 2 N–H and O–H groups in total. The standard InChI is InChI=1S/C21H26BrN3O4/c1-11(2)9-15-16-17(19(27)25(18(16)26)7-4-8-29-3)21(24-15)13-10-12(22)5-6-14(13)23-20(21)28/h5-6,10-11,15-17,24H,4,7-9H2,1-3H3,(H,23,28)/t15-,16+,17-,21-/m0/s1. The number of carbonyl (C=O) groups excluding carboxylic acids is 3. The van der Waals surface area contributed by atoms with Crippen LogP contribution in [0.3, 0.4) is 0 Å². The van der Waals surface area contributed by atoms with Crippen molar-refractivity contribution in [2.75, 3.05) is 25.6 Å². The molecule has 1 aromatic carbocycles. The van der Waals surface area contributed by atoms with E-state index in [-0.39, 0.29) is 23.8 Å². The Hall–Kier alpha value is -1.77. The molecular weight excluding hydrogens is 438 g/mol. The predicted octanol–water partition coefficient (Wildman–Crippen LogP) is 2.25. The Morgan fingerprint density at radius 2 is 2.00 bits per heavy atom. The molecule has 0 aliphatic carbocycles. The zero-order valence-electron chi connectivity index (χ0n) is 16.8. The van der Waals surface area contributed by atoms with Crippen LogP contribution in [0.4, 0.5) is 5.69 Å². The van der Waals surface area contributed by atoms with Gasteiger partial charge in [0.2, 0.25) is 17.7 Å². The summed E-state index contributed by atoms with van der Waals surface area (Å²) < 4.78 is 5.90. The van der Waals surface area contributed by atoms with E-state index in [0.717, 1.165) is 10.0 Å². The number of halogens is 1. The molecule has 7 nitrogen and oxygen atoms in total. The second kappa shape index (κ2) is 7.49. The number of imide groups is 1. The highest BCUT2D eigenvalue weighted by Gasteiger charge is 2.70. The Labute approximate surface area is 178 Å². The number of benzene rings is 1. The van der Waals surface area contributed by atoms with Crippen LogP contribution in [-0.4, -0.2) is 48.9 Å². The fraction of sp³-hybridized carbons (Fsp3) is 0.571. The van der Waals surface area contributed by atoms with Gasteiger partial charge in [-0.2, -0.15) is 0 Å². The molecule has 0 unspecified atom stereocenters. The van der Waals surface area contributed by atoms with E-state index < -0.39 is 17.4 Å². The fourth-order valence-electron chi connectivity index (χ4n) is 5.13. The van der Waals surface area contributed by atoms with Gasteiger partial charge in [0.25, 0.3) is 0 Å². The second-order valence-electron chi connectivity index (χ2n) is 8.51. The van der Waals surface area contributed by atoms with Crippen molar-refractivity contribution in [3.05, 3.63) is 28.2 Å². The number of carbonyl (C=O) groups is 3. The minimum atomic E-state index is -1.22. The largest absolute Gasteiger partial charge is 0.385 e. The van der Waals surface area contributed by atoms with Gasteiger partial charge in [0.1, 0.15) is 5.54 Å². The van der Waals surface area contributed by atoms with Crippen molar-refractivity contribution in [3.8, 4) is 0 Å².